The largest absolute Gasteiger partial charge is 0.381 e. The molecule has 2 aromatic heterocycles. The molecular formula is C20H25N5O. The maximum atomic E-state index is 12.6. The summed E-state index contributed by atoms with van der Waals surface area (Å²) in [6, 6.07) is 11.3. The van der Waals surface area contributed by atoms with Crippen LogP contribution >= 0.6 is 0 Å². The van der Waals surface area contributed by atoms with Gasteiger partial charge < -0.3 is 10.6 Å². The van der Waals surface area contributed by atoms with E-state index in [9.17, 15) is 4.79 Å². The summed E-state index contributed by atoms with van der Waals surface area (Å²) in [5, 5.41) is 6.17. The molecule has 3 aromatic rings. The second-order valence-corrected chi connectivity index (χ2v) is 5.33. The average molecular weight is 351 g/mol. The molecule has 6 heteroatoms. The van der Waals surface area contributed by atoms with Crippen molar-refractivity contribution in [1.29, 1.82) is 0 Å². The first-order chi connectivity index (χ1) is 12.6. The molecule has 0 aliphatic heterocycles. The lowest BCUT2D eigenvalue weighted by atomic mass is 10.2. The van der Waals surface area contributed by atoms with Crippen LogP contribution in [0.25, 0.3) is 5.65 Å². The molecule has 0 amide bonds. The molecular weight excluding hydrogens is 326 g/mol. The van der Waals surface area contributed by atoms with Crippen LogP contribution in [0.1, 0.15) is 26.3 Å². The van der Waals surface area contributed by atoms with Crippen molar-refractivity contribution < 1.29 is 0 Å². The summed E-state index contributed by atoms with van der Waals surface area (Å²) in [5.74, 6) is 0.500. The minimum absolute atomic E-state index is 0.144. The second kappa shape index (κ2) is 8.80. The van der Waals surface area contributed by atoms with Crippen LogP contribution in [0.2, 0.25) is 0 Å². The number of fused-ring (bicyclic) bond motifs is 1. The molecule has 26 heavy (non-hydrogen) atoms. The van der Waals surface area contributed by atoms with Gasteiger partial charge in [0.15, 0.2) is 5.82 Å². The first kappa shape index (κ1) is 19.2. The lowest BCUT2D eigenvalue weighted by Gasteiger charge is -2.13. The van der Waals surface area contributed by atoms with E-state index in [0.29, 0.717) is 17.2 Å². The highest BCUT2D eigenvalue weighted by Crippen LogP contribution is 2.26. The highest BCUT2D eigenvalue weighted by molar-refractivity contribution is 5.73. The Morgan fingerprint density at radius 1 is 1.19 bits per heavy atom. The van der Waals surface area contributed by atoms with Crippen molar-refractivity contribution >= 4 is 34.7 Å². The standard InChI is InChI=1S/C18H19N5O.C2H6/c1-4-20-14-9-8-13(11-12(14)2)21-17-16(19-3)18(24)23-10-6-5-7-15(23)22-17;1-2/h4-11,19,21H,1-3H3;1-2H3. The summed E-state index contributed by atoms with van der Waals surface area (Å²) >= 11 is 0. The van der Waals surface area contributed by atoms with E-state index in [0.717, 1.165) is 16.9 Å². The molecule has 0 spiro atoms. The van der Waals surface area contributed by atoms with Gasteiger partial charge in [-0.2, -0.15) is 0 Å². The van der Waals surface area contributed by atoms with Crippen molar-refractivity contribution in [2.75, 3.05) is 17.7 Å². The normalized spacial score (nSPS) is 10.5. The summed E-state index contributed by atoms with van der Waals surface area (Å²) < 4.78 is 1.52. The van der Waals surface area contributed by atoms with Gasteiger partial charge in [0.05, 0.1) is 5.69 Å². The van der Waals surface area contributed by atoms with Crippen molar-refractivity contribution in [2.45, 2.75) is 27.7 Å². The molecule has 0 radical (unpaired) electrons. The van der Waals surface area contributed by atoms with Crippen LogP contribution in [0.3, 0.4) is 0 Å². The van der Waals surface area contributed by atoms with Gasteiger partial charge in [0.25, 0.3) is 5.56 Å². The third-order valence-corrected chi connectivity index (χ3v) is 3.71. The fourth-order valence-electron chi connectivity index (χ4n) is 2.56. The molecule has 1 aromatic carbocycles. The number of benzene rings is 1. The number of aromatic nitrogens is 2. The quantitative estimate of drug-likeness (QED) is 0.677. The van der Waals surface area contributed by atoms with Crippen LogP contribution < -0.4 is 16.2 Å². The van der Waals surface area contributed by atoms with Crippen LogP contribution in [0.5, 0.6) is 0 Å². The zero-order chi connectivity index (χ0) is 19.1. The van der Waals surface area contributed by atoms with Gasteiger partial charge in [-0.25, -0.2) is 4.98 Å². The van der Waals surface area contributed by atoms with Crippen molar-refractivity contribution in [3.8, 4) is 0 Å². The van der Waals surface area contributed by atoms with Gasteiger partial charge in [0.2, 0.25) is 0 Å². The topological polar surface area (TPSA) is 70.8 Å². The number of nitrogens with one attached hydrogen (secondary N) is 2. The van der Waals surface area contributed by atoms with Crippen LogP contribution in [0.15, 0.2) is 52.4 Å². The van der Waals surface area contributed by atoms with Crippen LogP contribution in [-0.4, -0.2) is 22.6 Å². The van der Waals surface area contributed by atoms with Crippen LogP contribution in [-0.2, 0) is 0 Å². The zero-order valence-electron chi connectivity index (χ0n) is 15.9. The smallest absolute Gasteiger partial charge is 0.283 e. The summed E-state index contributed by atoms with van der Waals surface area (Å²) in [7, 11) is 1.71. The molecule has 136 valence electrons. The monoisotopic (exact) mass is 351 g/mol. The maximum Gasteiger partial charge on any atom is 0.283 e. The molecule has 2 heterocycles. The Labute approximate surface area is 153 Å². The van der Waals surface area contributed by atoms with Crippen LogP contribution in [0.4, 0.5) is 22.9 Å². The van der Waals surface area contributed by atoms with E-state index in [1.54, 1.807) is 31.6 Å². The van der Waals surface area contributed by atoms with E-state index in [1.165, 1.54) is 4.40 Å². The van der Waals surface area contributed by atoms with E-state index in [4.69, 9.17) is 0 Å². The number of nitrogens with zero attached hydrogens (tertiary/aromatic N) is 3. The number of rotatable bonds is 4. The average Bonchev–Trinajstić information content (AvgIpc) is 2.66. The molecule has 0 aliphatic rings. The molecule has 0 fully saturated rings. The van der Waals surface area contributed by atoms with Gasteiger partial charge in [-0.15, -0.1) is 0 Å². The third-order valence-electron chi connectivity index (χ3n) is 3.71. The number of aryl methyl sites for hydroxylation is 1. The molecule has 0 bridgehead atoms. The predicted octanol–water partition coefficient (Wildman–Crippen LogP) is 4.54. The van der Waals surface area contributed by atoms with Gasteiger partial charge in [-0.05, 0) is 49.7 Å². The fraction of sp³-hybridized carbons (Fsp3) is 0.250. The SMILES string of the molecule is CC.CC=Nc1ccc(Nc2nc3ccccn3c(=O)c2NC)cc1C. The number of hydrogen-bond acceptors (Lipinski definition) is 5. The highest BCUT2D eigenvalue weighted by atomic mass is 16.1. The van der Waals surface area contributed by atoms with Gasteiger partial charge in [-0.3, -0.25) is 14.2 Å². The van der Waals surface area contributed by atoms with E-state index in [1.807, 2.05) is 52.0 Å². The Bertz CT molecular complexity index is 976. The van der Waals surface area contributed by atoms with Crippen molar-refractivity contribution in [1.82, 2.24) is 9.38 Å². The third kappa shape index (κ3) is 3.91. The van der Waals surface area contributed by atoms with Crippen molar-refractivity contribution in [3.63, 3.8) is 0 Å². The Kier molecular flexibility index (Phi) is 6.49. The molecule has 6 nitrogen and oxygen atoms in total. The Morgan fingerprint density at radius 2 is 1.96 bits per heavy atom. The summed E-state index contributed by atoms with van der Waals surface area (Å²) in [5.41, 5.74) is 3.69. The molecule has 2 N–H and O–H groups in total. The summed E-state index contributed by atoms with van der Waals surface area (Å²) in [6.07, 6.45) is 3.47. The zero-order valence-corrected chi connectivity index (χ0v) is 15.9. The molecule has 0 saturated heterocycles. The Morgan fingerprint density at radius 3 is 2.62 bits per heavy atom. The molecule has 3 rings (SSSR count). The fourth-order valence-corrected chi connectivity index (χ4v) is 2.56. The molecule has 0 saturated carbocycles. The number of aliphatic imine (C=N–C) groups is 1. The van der Waals surface area contributed by atoms with E-state index in [-0.39, 0.29) is 5.56 Å². The first-order valence-corrected chi connectivity index (χ1v) is 8.69. The van der Waals surface area contributed by atoms with Gasteiger partial charge >= 0.3 is 0 Å². The first-order valence-electron chi connectivity index (χ1n) is 8.69. The van der Waals surface area contributed by atoms with Gasteiger partial charge in [-0.1, -0.05) is 19.9 Å². The van der Waals surface area contributed by atoms with E-state index < -0.39 is 0 Å². The van der Waals surface area contributed by atoms with Gasteiger partial charge in [0.1, 0.15) is 11.3 Å². The summed E-state index contributed by atoms with van der Waals surface area (Å²) in [6.45, 7) is 7.88. The minimum atomic E-state index is -0.144. The number of pyridine rings is 1. The highest BCUT2D eigenvalue weighted by Gasteiger charge is 2.11. The number of hydrogen-bond donors (Lipinski definition) is 2. The Balaban J connectivity index is 0.00000117. The van der Waals surface area contributed by atoms with Crippen molar-refractivity contribution in [2.24, 2.45) is 4.99 Å². The minimum Gasteiger partial charge on any atom is -0.381 e. The van der Waals surface area contributed by atoms with Gasteiger partial charge in [0, 0.05) is 25.1 Å². The Hall–Kier alpha value is -3.15. The summed E-state index contributed by atoms with van der Waals surface area (Å²) in [4.78, 5) is 21.4. The second-order valence-electron chi connectivity index (χ2n) is 5.33. The van der Waals surface area contributed by atoms with Crippen molar-refractivity contribution in [3.05, 3.63) is 58.5 Å². The lowest BCUT2D eigenvalue weighted by Crippen LogP contribution is -2.20. The molecule has 0 unspecified atom stereocenters. The van der Waals surface area contributed by atoms with E-state index >= 15 is 0 Å². The predicted molar refractivity (Wildman–Crippen MR) is 111 cm³/mol. The molecule has 0 aliphatic carbocycles. The molecule has 0 atom stereocenters. The maximum absolute atomic E-state index is 12.6. The van der Waals surface area contributed by atoms with E-state index in [2.05, 4.69) is 20.6 Å². The van der Waals surface area contributed by atoms with Crippen LogP contribution in [0, 0.1) is 6.92 Å². The number of anilines is 3. The lowest BCUT2D eigenvalue weighted by molar-refractivity contribution is 1.05.